The predicted molar refractivity (Wildman–Crippen MR) is 56.8 cm³/mol. The number of carbonyl (C=O) groups is 1. The number of hydrogen-bond donors (Lipinski definition) is 1. The quantitative estimate of drug-likeness (QED) is 0.859. The molecule has 0 bridgehead atoms. The normalized spacial score (nSPS) is 17.3. The molecular formula is C10H9ClF3N3O. The van der Waals surface area contributed by atoms with Crippen molar-refractivity contribution < 1.29 is 18.0 Å². The third-order valence-corrected chi connectivity index (χ3v) is 2.87. The van der Waals surface area contributed by atoms with Crippen molar-refractivity contribution in [2.45, 2.75) is 24.6 Å². The zero-order chi connectivity index (χ0) is 13.4. The van der Waals surface area contributed by atoms with E-state index >= 15 is 0 Å². The molecule has 0 spiro atoms. The molecule has 0 unspecified atom stereocenters. The minimum absolute atomic E-state index is 0.0178. The van der Waals surface area contributed by atoms with Crippen LogP contribution in [0.2, 0.25) is 0 Å². The van der Waals surface area contributed by atoms with Crippen LogP contribution in [-0.4, -0.2) is 21.8 Å². The summed E-state index contributed by atoms with van der Waals surface area (Å²) in [6.45, 7) is 0. The second-order valence-electron chi connectivity index (χ2n) is 4.03. The number of alkyl halides is 4. The summed E-state index contributed by atoms with van der Waals surface area (Å²) in [7, 11) is 0. The molecule has 1 aliphatic carbocycles. The minimum atomic E-state index is -4.52. The summed E-state index contributed by atoms with van der Waals surface area (Å²) in [6, 6.07) is 0.795. The highest BCUT2D eigenvalue weighted by Crippen LogP contribution is 2.44. The van der Waals surface area contributed by atoms with Crippen molar-refractivity contribution in [1.29, 1.82) is 0 Å². The first-order valence-electron chi connectivity index (χ1n) is 5.15. The number of nitrogens with zero attached hydrogens (tertiary/aromatic N) is 2. The highest BCUT2D eigenvalue weighted by molar-refractivity contribution is 6.27. The maximum absolute atomic E-state index is 12.5. The molecule has 1 aliphatic rings. The third kappa shape index (κ3) is 2.55. The highest BCUT2D eigenvalue weighted by Gasteiger charge is 2.49. The van der Waals surface area contributed by atoms with Gasteiger partial charge in [0.15, 0.2) is 5.82 Å². The van der Waals surface area contributed by atoms with Gasteiger partial charge in [0, 0.05) is 6.20 Å². The van der Waals surface area contributed by atoms with Gasteiger partial charge >= 0.3 is 6.18 Å². The molecule has 1 aromatic rings. The van der Waals surface area contributed by atoms with Crippen molar-refractivity contribution in [3.63, 3.8) is 0 Å². The van der Waals surface area contributed by atoms with E-state index in [9.17, 15) is 18.0 Å². The Kier molecular flexibility index (Phi) is 3.18. The summed E-state index contributed by atoms with van der Waals surface area (Å²) in [4.78, 5) is 18.5. The van der Waals surface area contributed by atoms with E-state index in [0.717, 1.165) is 12.3 Å². The van der Waals surface area contributed by atoms with Gasteiger partial charge in [0.1, 0.15) is 11.6 Å². The van der Waals surface area contributed by atoms with Crippen LogP contribution in [0.3, 0.4) is 0 Å². The molecule has 4 nitrogen and oxygen atoms in total. The fourth-order valence-electron chi connectivity index (χ4n) is 1.58. The van der Waals surface area contributed by atoms with E-state index in [-0.39, 0.29) is 11.7 Å². The van der Waals surface area contributed by atoms with Crippen LogP contribution in [-0.2, 0) is 16.5 Å². The molecule has 1 fully saturated rings. The Morgan fingerprint density at radius 2 is 2.17 bits per heavy atom. The minimum Gasteiger partial charge on any atom is -0.342 e. The van der Waals surface area contributed by atoms with E-state index in [1.165, 1.54) is 0 Å². The van der Waals surface area contributed by atoms with Gasteiger partial charge in [-0.25, -0.2) is 9.97 Å². The SMILES string of the molecule is O=C(CCl)NC1(c2nccc(C(F)(F)F)n2)CC1. The van der Waals surface area contributed by atoms with E-state index < -0.39 is 23.3 Å². The van der Waals surface area contributed by atoms with E-state index in [4.69, 9.17) is 11.6 Å². The lowest BCUT2D eigenvalue weighted by atomic mass is 10.2. The van der Waals surface area contributed by atoms with Crippen LogP contribution in [0.4, 0.5) is 13.2 Å². The zero-order valence-corrected chi connectivity index (χ0v) is 9.85. The molecule has 2 rings (SSSR count). The van der Waals surface area contributed by atoms with Gasteiger partial charge in [0.05, 0.1) is 5.54 Å². The summed E-state index contributed by atoms with van der Waals surface area (Å²) in [5.74, 6) is -0.716. The van der Waals surface area contributed by atoms with Crippen LogP contribution in [0.5, 0.6) is 0 Å². The van der Waals surface area contributed by atoms with Crippen molar-refractivity contribution >= 4 is 17.5 Å². The molecule has 1 heterocycles. The molecule has 0 saturated heterocycles. The maximum Gasteiger partial charge on any atom is 0.433 e. The van der Waals surface area contributed by atoms with Gasteiger partial charge in [-0.1, -0.05) is 0 Å². The number of carbonyl (C=O) groups excluding carboxylic acids is 1. The van der Waals surface area contributed by atoms with Gasteiger partial charge < -0.3 is 5.32 Å². The van der Waals surface area contributed by atoms with E-state index in [1.54, 1.807) is 0 Å². The first-order valence-corrected chi connectivity index (χ1v) is 5.68. The fourth-order valence-corrected chi connectivity index (χ4v) is 1.64. The Hall–Kier alpha value is -1.37. The second kappa shape index (κ2) is 4.38. The summed E-state index contributed by atoms with van der Waals surface area (Å²) >= 11 is 5.34. The Morgan fingerprint density at radius 1 is 1.50 bits per heavy atom. The van der Waals surface area contributed by atoms with Gasteiger partial charge in [-0.15, -0.1) is 11.6 Å². The van der Waals surface area contributed by atoms with Crippen molar-refractivity contribution in [3.05, 3.63) is 23.8 Å². The summed E-state index contributed by atoms with van der Waals surface area (Å²) in [5.41, 5.74) is -1.90. The summed E-state index contributed by atoms with van der Waals surface area (Å²) in [5, 5.41) is 2.55. The van der Waals surface area contributed by atoms with Gasteiger partial charge in [0.25, 0.3) is 0 Å². The molecule has 98 valence electrons. The van der Waals surface area contributed by atoms with Crippen molar-refractivity contribution in [2.24, 2.45) is 0 Å². The molecular weight excluding hydrogens is 271 g/mol. The monoisotopic (exact) mass is 279 g/mol. The van der Waals surface area contributed by atoms with E-state index in [2.05, 4.69) is 15.3 Å². The largest absolute Gasteiger partial charge is 0.433 e. The standard InChI is InChI=1S/C10H9ClF3N3O/c11-5-7(18)17-9(2-3-9)8-15-4-1-6(16-8)10(12,13)14/h1,4H,2-3,5H2,(H,17,18). The molecule has 1 amide bonds. The molecule has 0 radical (unpaired) electrons. The van der Waals surface area contributed by atoms with Gasteiger partial charge in [0.2, 0.25) is 5.91 Å². The van der Waals surface area contributed by atoms with Crippen LogP contribution in [0.15, 0.2) is 12.3 Å². The van der Waals surface area contributed by atoms with Crippen LogP contribution in [0.25, 0.3) is 0 Å². The molecule has 18 heavy (non-hydrogen) atoms. The molecule has 1 N–H and O–H groups in total. The average Bonchev–Trinajstić information content (AvgIpc) is 3.09. The van der Waals surface area contributed by atoms with Crippen LogP contribution in [0.1, 0.15) is 24.4 Å². The maximum atomic E-state index is 12.5. The smallest absolute Gasteiger partial charge is 0.342 e. The lowest BCUT2D eigenvalue weighted by Gasteiger charge is -2.16. The second-order valence-corrected chi connectivity index (χ2v) is 4.29. The Labute approximate surface area is 106 Å². The lowest BCUT2D eigenvalue weighted by molar-refractivity contribution is -0.141. The predicted octanol–water partition coefficient (Wildman–Crippen LogP) is 1.84. The van der Waals surface area contributed by atoms with Gasteiger partial charge in [-0.3, -0.25) is 4.79 Å². The molecule has 1 saturated carbocycles. The first kappa shape index (κ1) is 13.1. The number of amides is 1. The topological polar surface area (TPSA) is 54.9 Å². The highest BCUT2D eigenvalue weighted by atomic mass is 35.5. The summed E-state index contributed by atoms with van der Waals surface area (Å²) < 4.78 is 37.5. The molecule has 0 aromatic carbocycles. The van der Waals surface area contributed by atoms with Crippen LogP contribution in [0, 0.1) is 0 Å². The number of hydrogen-bond acceptors (Lipinski definition) is 3. The van der Waals surface area contributed by atoms with Gasteiger partial charge in [-0.2, -0.15) is 13.2 Å². The number of rotatable bonds is 3. The van der Waals surface area contributed by atoms with Crippen molar-refractivity contribution in [2.75, 3.05) is 5.88 Å². The Balaban J connectivity index is 2.26. The molecule has 1 aromatic heterocycles. The van der Waals surface area contributed by atoms with Gasteiger partial charge in [-0.05, 0) is 18.9 Å². The molecule has 0 aliphatic heterocycles. The Morgan fingerprint density at radius 3 is 2.67 bits per heavy atom. The van der Waals surface area contributed by atoms with Crippen LogP contribution < -0.4 is 5.32 Å². The summed E-state index contributed by atoms with van der Waals surface area (Å²) in [6.07, 6.45) is -2.46. The number of halogens is 4. The lowest BCUT2D eigenvalue weighted by Crippen LogP contribution is -2.37. The molecule has 0 atom stereocenters. The van der Waals surface area contributed by atoms with E-state index in [1.807, 2.05) is 0 Å². The van der Waals surface area contributed by atoms with Crippen LogP contribution >= 0.6 is 11.6 Å². The number of nitrogens with one attached hydrogen (secondary N) is 1. The first-order chi connectivity index (χ1) is 8.37. The fraction of sp³-hybridized carbons (Fsp3) is 0.500. The third-order valence-electron chi connectivity index (χ3n) is 2.62. The Bertz CT molecular complexity index is 474. The van der Waals surface area contributed by atoms with E-state index in [0.29, 0.717) is 12.8 Å². The zero-order valence-electron chi connectivity index (χ0n) is 9.09. The van der Waals surface area contributed by atoms with Crippen molar-refractivity contribution in [1.82, 2.24) is 15.3 Å². The average molecular weight is 280 g/mol. The van der Waals surface area contributed by atoms with Crippen molar-refractivity contribution in [3.8, 4) is 0 Å². The number of aromatic nitrogens is 2. The molecule has 8 heteroatoms.